The molecule has 1 saturated carbocycles. The molecule has 0 unspecified atom stereocenters. The van der Waals surface area contributed by atoms with E-state index in [0.717, 1.165) is 31.0 Å². The molecule has 3 heteroatoms. The van der Waals surface area contributed by atoms with Crippen LogP contribution in [-0.4, -0.2) is 16.8 Å². The minimum Gasteiger partial charge on any atom is -0.350 e. The Balaban J connectivity index is 2.18. The van der Waals surface area contributed by atoms with Gasteiger partial charge in [0.2, 0.25) is 5.91 Å². The van der Waals surface area contributed by atoms with Crippen LogP contribution in [0.5, 0.6) is 0 Å². The van der Waals surface area contributed by atoms with Crippen molar-refractivity contribution in [2.75, 3.05) is 5.33 Å². The van der Waals surface area contributed by atoms with Crippen LogP contribution >= 0.6 is 15.9 Å². The highest BCUT2D eigenvalue weighted by Crippen LogP contribution is 2.33. The second-order valence-electron chi connectivity index (χ2n) is 4.27. The molecule has 1 aliphatic carbocycles. The van der Waals surface area contributed by atoms with Gasteiger partial charge in [0.15, 0.2) is 0 Å². The molecule has 0 heterocycles. The summed E-state index contributed by atoms with van der Waals surface area (Å²) in [5.74, 6) is 0.234. The Kier molecular flexibility index (Phi) is 4.93. The molecule has 0 aromatic rings. The summed E-state index contributed by atoms with van der Waals surface area (Å²) in [4.78, 5) is 11.6. The molecule has 1 N–H and O–H groups in total. The molecule has 0 atom stereocenters. The zero-order valence-electron chi connectivity index (χ0n) is 8.94. The van der Waals surface area contributed by atoms with E-state index in [9.17, 15) is 4.79 Å². The molecule has 1 rings (SSSR count). The molecule has 0 aromatic carbocycles. The van der Waals surface area contributed by atoms with Crippen molar-refractivity contribution in [3.63, 3.8) is 0 Å². The Morgan fingerprint density at radius 1 is 1.43 bits per heavy atom. The number of carbonyl (C=O) groups is 1. The fourth-order valence-corrected chi connectivity index (χ4v) is 2.49. The van der Waals surface area contributed by atoms with E-state index in [1.165, 1.54) is 12.8 Å². The van der Waals surface area contributed by atoms with Crippen molar-refractivity contribution in [1.82, 2.24) is 5.32 Å². The third-order valence-corrected chi connectivity index (χ3v) is 4.05. The molecule has 82 valence electrons. The first-order chi connectivity index (χ1) is 6.72. The maximum atomic E-state index is 11.6. The summed E-state index contributed by atoms with van der Waals surface area (Å²) < 4.78 is 0. The fraction of sp³-hybridized carbons (Fsp3) is 0.909. The molecular weight excluding hydrogens is 242 g/mol. The second kappa shape index (κ2) is 5.74. The zero-order chi connectivity index (χ0) is 10.4. The van der Waals surface area contributed by atoms with Crippen molar-refractivity contribution in [2.45, 2.75) is 57.4 Å². The number of nitrogens with one attached hydrogen (secondary N) is 1. The summed E-state index contributed by atoms with van der Waals surface area (Å²) in [6.07, 6.45) is 7.59. The van der Waals surface area contributed by atoms with Gasteiger partial charge in [-0.2, -0.15) is 0 Å². The smallest absolute Gasteiger partial charge is 0.220 e. The van der Waals surface area contributed by atoms with Crippen molar-refractivity contribution < 1.29 is 4.79 Å². The normalized spacial score (nSPS) is 18.7. The Bertz CT molecular complexity index is 184. The topological polar surface area (TPSA) is 29.1 Å². The molecule has 2 nitrogen and oxygen atoms in total. The lowest BCUT2D eigenvalue weighted by Crippen LogP contribution is -2.54. The average Bonchev–Trinajstić information content (AvgIpc) is 2.12. The van der Waals surface area contributed by atoms with Gasteiger partial charge >= 0.3 is 0 Å². The van der Waals surface area contributed by atoms with Crippen LogP contribution in [0, 0.1) is 0 Å². The highest BCUT2D eigenvalue weighted by atomic mass is 79.9. The molecule has 0 radical (unpaired) electrons. The number of rotatable bonds is 6. The first kappa shape index (κ1) is 12.0. The van der Waals surface area contributed by atoms with E-state index < -0.39 is 0 Å². The molecule has 1 fully saturated rings. The van der Waals surface area contributed by atoms with Gasteiger partial charge in [-0.05, 0) is 25.7 Å². The van der Waals surface area contributed by atoms with Crippen molar-refractivity contribution in [3.05, 3.63) is 0 Å². The Morgan fingerprint density at radius 3 is 2.57 bits per heavy atom. The molecule has 14 heavy (non-hydrogen) atoms. The lowest BCUT2D eigenvalue weighted by Gasteiger charge is -2.41. The average molecular weight is 262 g/mol. The van der Waals surface area contributed by atoms with E-state index in [4.69, 9.17) is 0 Å². The Morgan fingerprint density at radius 2 is 2.14 bits per heavy atom. The van der Waals surface area contributed by atoms with Gasteiger partial charge < -0.3 is 5.32 Å². The molecular formula is C11H20BrNO. The Labute approximate surface area is 95.0 Å². The highest BCUT2D eigenvalue weighted by molar-refractivity contribution is 9.09. The summed E-state index contributed by atoms with van der Waals surface area (Å²) in [6, 6.07) is 0. The van der Waals surface area contributed by atoms with Gasteiger partial charge in [0.1, 0.15) is 0 Å². The number of hydrogen-bond acceptors (Lipinski definition) is 1. The van der Waals surface area contributed by atoms with Gasteiger partial charge in [0, 0.05) is 17.3 Å². The van der Waals surface area contributed by atoms with Crippen molar-refractivity contribution in [1.29, 1.82) is 0 Å². The number of hydrogen-bond donors (Lipinski definition) is 1. The summed E-state index contributed by atoms with van der Waals surface area (Å²) in [7, 11) is 0. The van der Waals surface area contributed by atoms with Crippen LogP contribution in [0.25, 0.3) is 0 Å². The summed E-state index contributed by atoms with van der Waals surface area (Å²) in [6.45, 7) is 2.16. The van der Waals surface area contributed by atoms with Gasteiger partial charge in [-0.25, -0.2) is 0 Å². The van der Waals surface area contributed by atoms with E-state index >= 15 is 0 Å². The van der Waals surface area contributed by atoms with E-state index in [1.807, 2.05) is 0 Å². The van der Waals surface area contributed by atoms with Crippen molar-refractivity contribution >= 4 is 21.8 Å². The lowest BCUT2D eigenvalue weighted by atomic mass is 9.78. The van der Waals surface area contributed by atoms with Crippen LogP contribution in [-0.2, 0) is 4.79 Å². The maximum Gasteiger partial charge on any atom is 0.220 e. The number of unbranched alkanes of at least 4 members (excludes halogenated alkanes) is 2. The minimum absolute atomic E-state index is 0.100. The second-order valence-corrected chi connectivity index (χ2v) is 4.83. The zero-order valence-corrected chi connectivity index (χ0v) is 10.5. The first-order valence-corrected chi connectivity index (χ1v) is 6.71. The predicted molar refractivity (Wildman–Crippen MR) is 62.7 cm³/mol. The van der Waals surface area contributed by atoms with E-state index in [1.54, 1.807) is 0 Å². The number of carbonyl (C=O) groups excluding carboxylic acids is 1. The van der Waals surface area contributed by atoms with Crippen LogP contribution in [0.4, 0.5) is 0 Å². The number of amides is 1. The number of halogens is 1. The van der Waals surface area contributed by atoms with E-state index in [0.29, 0.717) is 6.42 Å². The predicted octanol–water partition coefficient (Wildman–Crippen LogP) is 3.00. The molecule has 1 amide bonds. The monoisotopic (exact) mass is 261 g/mol. The maximum absolute atomic E-state index is 11.6. The van der Waals surface area contributed by atoms with Crippen LogP contribution in [0.2, 0.25) is 0 Å². The summed E-state index contributed by atoms with van der Waals surface area (Å²) in [5, 5.41) is 4.05. The molecule has 0 bridgehead atoms. The van der Waals surface area contributed by atoms with Gasteiger partial charge in [-0.1, -0.05) is 35.7 Å². The van der Waals surface area contributed by atoms with Gasteiger partial charge in [0.25, 0.3) is 0 Å². The molecule has 0 aromatic heterocycles. The van der Waals surface area contributed by atoms with Crippen molar-refractivity contribution in [2.24, 2.45) is 0 Å². The quantitative estimate of drug-likeness (QED) is 0.578. The number of alkyl halides is 1. The van der Waals surface area contributed by atoms with Crippen LogP contribution in [0.1, 0.15) is 51.9 Å². The molecule has 0 aliphatic heterocycles. The van der Waals surface area contributed by atoms with Crippen molar-refractivity contribution in [3.8, 4) is 0 Å². The summed E-state index contributed by atoms with van der Waals surface area (Å²) in [5.41, 5.74) is 0.100. The SMILES string of the molecule is CCCCCC(=O)NC1(CBr)CCC1. The van der Waals surface area contributed by atoms with Crippen LogP contribution < -0.4 is 5.32 Å². The standard InChI is InChI=1S/C11H20BrNO/c1-2-3-4-6-10(14)13-11(9-12)7-5-8-11/h2-9H2,1H3,(H,13,14). The van der Waals surface area contributed by atoms with Gasteiger partial charge in [0.05, 0.1) is 0 Å². The third kappa shape index (κ3) is 3.26. The third-order valence-electron chi connectivity index (χ3n) is 2.98. The van der Waals surface area contributed by atoms with Gasteiger partial charge in [-0.15, -0.1) is 0 Å². The Hall–Kier alpha value is -0.0500. The largest absolute Gasteiger partial charge is 0.350 e. The van der Waals surface area contributed by atoms with Crippen LogP contribution in [0.15, 0.2) is 0 Å². The highest BCUT2D eigenvalue weighted by Gasteiger charge is 2.36. The van der Waals surface area contributed by atoms with Crippen LogP contribution in [0.3, 0.4) is 0 Å². The minimum atomic E-state index is 0.100. The fourth-order valence-electron chi connectivity index (χ4n) is 1.79. The lowest BCUT2D eigenvalue weighted by molar-refractivity contribution is -0.123. The van der Waals surface area contributed by atoms with E-state index in [2.05, 4.69) is 28.2 Å². The molecule has 1 aliphatic rings. The molecule has 0 saturated heterocycles. The summed E-state index contributed by atoms with van der Waals surface area (Å²) >= 11 is 3.48. The van der Waals surface area contributed by atoms with E-state index in [-0.39, 0.29) is 11.4 Å². The van der Waals surface area contributed by atoms with Gasteiger partial charge in [-0.3, -0.25) is 4.79 Å². The molecule has 0 spiro atoms. The first-order valence-electron chi connectivity index (χ1n) is 5.59.